The van der Waals surface area contributed by atoms with E-state index < -0.39 is 0 Å². The van der Waals surface area contributed by atoms with Crippen molar-refractivity contribution in [1.29, 1.82) is 0 Å². The smallest absolute Gasteiger partial charge is 0.166 e. The first-order valence-corrected chi connectivity index (χ1v) is 8.35. The van der Waals surface area contributed by atoms with Crippen molar-refractivity contribution in [2.75, 3.05) is 37.7 Å². The number of phenols is 1. The molecular weight excluding hydrogens is 288 g/mol. The van der Waals surface area contributed by atoms with E-state index in [9.17, 15) is 5.11 Å². The summed E-state index contributed by atoms with van der Waals surface area (Å²) >= 11 is 0. The number of hydrogen-bond donors (Lipinski definition) is 2. The average Bonchev–Trinajstić information content (AvgIpc) is 2.60. The molecule has 1 aliphatic rings. The molecule has 0 unspecified atom stereocenters. The summed E-state index contributed by atoms with van der Waals surface area (Å²) in [5.74, 6) is 0.889. The van der Waals surface area contributed by atoms with Gasteiger partial charge in [-0.05, 0) is 31.2 Å². The van der Waals surface area contributed by atoms with Gasteiger partial charge in [0, 0.05) is 5.69 Å². The minimum atomic E-state index is 0.298. The second kappa shape index (κ2) is 7.38. The average molecular weight is 313 g/mol. The highest BCUT2D eigenvalue weighted by molar-refractivity contribution is 5.46. The molecule has 122 valence electrons. The molecule has 0 saturated carbocycles. The number of aromatic hydroxyl groups is 1. The molecule has 2 N–H and O–H groups in total. The van der Waals surface area contributed by atoms with Crippen LogP contribution < -0.4 is 14.5 Å². The number of rotatable bonds is 5. The predicted molar refractivity (Wildman–Crippen MR) is 92.3 cm³/mol. The highest BCUT2D eigenvalue weighted by Gasteiger charge is 2.21. The van der Waals surface area contributed by atoms with Crippen molar-refractivity contribution in [2.24, 2.45) is 0 Å². The second-order valence-electron chi connectivity index (χ2n) is 5.95. The van der Waals surface area contributed by atoms with E-state index in [1.807, 2.05) is 25.1 Å². The fourth-order valence-corrected chi connectivity index (χ4v) is 3.15. The van der Waals surface area contributed by atoms with E-state index >= 15 is 0 Å². The Morgan fingerprint density at radius 2 is 1.78 bits per heavy atom. The van der Waals surface area contributed by atoms with Crippen LogP contribution in [0.1, 0.15) is 12.5 Å². The molecule has 0 bridgehead atoms. The molecule has 3 rings (SSSR count). The molecule has 2 aromatic rings. The quantitative estimate of drug-likeness (QED) is 0.882. The minimum Gasteiger partial charge on any atom is -0.504 e. The molecule has 1 aliphatic heterocycles. The number of anilines is 1. The predicted octanol–water partition coefficient (Wildman–Crippen LogP) is 1.70. The van der Waals surface area contributed by atoms with Crippen LogP contribution in [0, 0.1) is 0 Å². The SMILES string of the molecule is CCOc1cccc(C[NH+]2CCN(c3ccccc3)CC2)c1O. The van der Waals surface area contributed by atoms with Gasteiger partial charge in [-0.3, -0.25) is 0 Å². The molecule has 0 atom stereocenters. The van der Waals surface area contributed by atoms with Gasteiger partial charge in [-0.25, -0.2) is 0 Å². The maximum Gasteiger partial charge on any atom is 0.166 e. The van der Waals surface area contributed by atoms with Crippen molar-refractivity contribution in [2.45, 2.75) is 13.5 Å². The number of phenolic OH excluding ortho intramolecular Hbond substituents is 1. The number of quaternary nitrogens is 1. The highest BCUT2D eigenvalue weighted by Crippen LogP contribution is 2.29. The van der Waals surface area contributed by atoms with Crippen molar-refractivity contribution in [1.82, 2.24) is 0 Å². The lowest BCUT2D eigenvalue weighted by Gasteiger charge is -2.33. The number of piperazine rings is 1. The van der Waals surface area contributed by atoms with Gasteiger partial charge in [0.25, 0.3) is 0 Å². The third kappa shape index (κ3) is 3.77. The van der Waals surface area contributed by atoms with Gasteiger partial charge < -0.3 is 19.6 Å². The Labute approximate surface area is 137 Å². The summed E-state index contributed by atoms with van der Waals surface area (Å²) in [5, 5.41) is 10.3. The standard InChI is InChI=1S/C19H24N2O2/c1-2-23-18-10-6-7-16(19(18)22)15-20-11-13-21(14-12-20)17-8-4-3-5-9-17/h3-10,22H,2,11-15H2,1H3/p+1. The molecule has 0 amide bonds. The Morgan fingerprint density at radius 1 is 1.04 bits per heavy atom. The molecule has 0 aromatic heterocycles. The zero-order valence-electron chi connectivity index (χ0n) is 13.7. The van der Waals surface area contributed by atoms with Crippen LogP contribution in [0.15, 0.2) is 48.5 Å². The van der Waals surface area contributed by atoms with E-state index in [0.717, 1.165) is 38.3 Å². The van der Waals surface area contributed by atoms with Crippen LogP contribution in [0.5, 0.6) is 11.5 Å². The van der Waals surface area contributed by atoms with Gasteiger partial charge in [-0.15, -0.1) is 0 Å². The summed E-state index contributed by atoms with van der Waals surface area (Å²) < 4.78 is 5.47. The summed E-state index contributed by atoms with van der Waals surface area (Å²) in [6.45, 7) is 7.59. The van der Waals surface area contributed by atoms with Gasteiger partial charge in [0.1, 0.15) is 6.54 Å². The van der Waals surface area contributed by atoms with Gasteiger partial charge in [-0.2, -0.15) is 0 Å². The molecule has 2 aromatic carbocycles. The van der Waals surface area contributed by atoms with Crippen LogP contribution in [0.3, 0.4) is 0 Å². The zero-order valence-corrected chi connectivity index (χ0v) is 13.7. The summed E-state index contributed by atoms with van der Waals surface area (Å²) in [4.78, 5) is 3.93. The first-order chi connectivity index (χ1) is 11.3. The Bertz CT molecular complexity index is 623. The van der Waals surface area contributed by atoms with E-state index in [4.69, 9.17) is 4.74 Å². The monoisotopic (exact) mass is 313 g/mol. The fourth-order valence-electron chi connectivity index (χ4n) is 3.15. The number of para-hydroxylation sites is 2. The summed E-state index contributed by atoms with van der Waals surface area (Å²) in [6.07, 6.45) is 0. The third-order valence-corrected chi connectivity index (χ3v) is 4.41. The lowest BCUT2D eigenvalue weighted by Crippen LogP contribution is -3.13. The van der Waals surface area contributed by atoms with Gasteiger partial charge >= 0.3 is 0 Å². The van der Waals surface area contributed by atoms with Crippen molar-refractivity contribution < 1.29 is 14.7 Å². The summed E-state index contributed by atoms with van der Waals surface area (Å²) in [7, 11) is 0. The lowest BCUT2D eigenvalue weighted by molar-refractivity contribution is -0.914. The maximum atomic E-state index is 10.3. The normalized spacial score (nSPS) is 15.6. The number of hydrogen-bond acceptors (Lipinski definition) is 3. The number of nitrogens with zero attached hydrogens (tertiary/aromatic N) is 1. The molecular formula is C19H25N2O2+. The van der Waals surface area contributed by atoms with Crippen LogP contribution >= 0.6 is 0 Å². The van der Waals surface area contributed by atoms with Gasteiger partial charge in [0.15, 0.2) is 11.5 Å². The van der Waals surface area contributed by atoms with E-state index in [2.05, 4.69) is 35.2 Å². The lowest BCUT2D eigenvalue weighted by atomic mass is 10.1. The zero-order chi connectivity index (χ0) is 16.1. The van der Waals surface area contributed by atoms with Gasteiger partial charge in [0.05, 0.1) is 38.3 Å². The van der Waals surface area contributed by atoms with Crippen molar-refractivity contribution in [3.8, 4) is 11.5 Å². The largest absolute Gasteiger partial charge is 0.504 e. The topological polar surface area (TPSA) is 37.1 Å². The second-order valence-corrected chi connectivity index (χ2v) is 5.95. The fraction of sp³-hybridized carbons (Fsp3) is 0.368. The molecule has 4 nitrogen and oxygen atoms in total. The van der Waals surface area contributed by atoms with E-state index in [-0.39, 0.29) is 0 Å². The minimum absolute atomic E-state index is 0.298. The molecule has 1 heterocycles. The van der Waals surface area contributed by atoms with Crippen LogP contribution in [-0.2, 0) is 6.54 Å². The summed E-state index contributed by atoms with van der Waals surface area (Å²) in [5.41, 5.74) is 2.27. The Balaban J connectivity index is 1.60. The molecule has 1 fully saturated rings. The molecule has 0 aliphatic carbocycles. The molecule has 0 radical (unpaired) electrons. The number of nitrogens with one attached hydrogen (secondary N) is 1. The van der Waals surface area contributed by atoms with Crippen molar-refractivity contribution in [3.05, 3.63) is 54.1 Å². The van der Waals surface area contributed by atoms with Crippen LogP contribution in [0.2, 0.25) is 0 Å². The van der Waals surface area contributed by atoms with Crippen LogP contribution in [0.25, 0.3) is 0 Å². The number of benzene rings is 2. The van der Waals surface area contributed by atoms with Gasteiger partial charge in [-0.1, -0.05) is 24.3 Å². The van der Waals surface area contributed by atoms with E-state index in [1.54, 1.807) is 0 Å². The Kier molecular flexibility index (Phi) is 5.03. The molecule has 23 heavy (non-hydrogen) atoms. The number of ether oxygens (including phenoxy) is 1. The summed E-state index contributed by atoms with van der Waals surface area (Å²) in [6, 6.07) is 16.3. The molecule has 0 spiro atoms. The van der Waals surface area contributed by atoms with E-state index in [1.165, 1.54) is 10.6 Å². The Morgan fingerprint density at radius 3 is 2.48 bits per heavy atom. The van der Waals surface area contributed by atoms with Gasteiger partial charge in [0.2, 0.25) is 0 Å². The van der Waals surface area contributed by atoms with Crippen molar-refractivity contribution in [3.63, 3.8) is 0 Å². The van der Waals surface area contributed by atoms with Crippen LogP contribution in [0.4, 0.5) is 5.69 Å². The van der Waals surface area contributed by atoms with Crippen molar-refractivity contribution >= 4 is 5.69 Å². The Hall–Kier alpha value is -2.20. The highest BCUT2D eigenvalue weighted by atomic mass is 16.5. The van der Waals surface area contributed by atoms with E-state index in [0.29, 0.717) is 18.1 Å². The maximum absolute atomic E-state index is 10.3. The molecule has 1 saturated heterocycles. The molecule has 4 heteroatoms. The van der Waals surface area contributed by atoms with Crippen LogP contribution in [-0.4, -0.2) is 37.9 Å². The first-order valence-electron chi connectivity index (χ1n) is 8.35. The first kappa shape index (κ1) is 15.7. The third-order valence-electron chi connectivity index (χ3n) is 4.41.